The van der Waals surface area contributed by atoms with Crippen molar-refractivity contribution in [1.29, 1.82) is 0 Å². The van der Waals surface area contributed by atoms with Gasteiger partial charge in [0.25, 0.3) is 0 Å². The van der Waals surface area contributed by atoms with Gasteiger partial charge in [-0.2, -0.15) is 0 Å². The van der Waals surface area contributed by atoms with E-state index in [1.54, 1.807) is 0 Å². The molecular formula is C17H26N2O. The lowest BCUT2D eigenvalue weighted by Gasteiger charge is -2.25. The quantitative estimate of drug-likeness (QED) is 0.863. The van der Waals surface area contributed by atoms with E-state index in [1.165, 1.54) is 24.8 Å². The average Bonchev–Trinajstić information content (AvgIpc) is 2.49. The van der Waals surface area contributed by atoms with E-state index in [0.29, 0.717) is 6.04 Å². The monoisotopic (exact) mass is 274 g/mol. The van der Waals surface area contributed by atoms with Gasteiger partial charge in [-0.3, -0.25) is 4.79 Å². The summed E-state index contributed by atoms with van der Waals surface area (Å²) in [5.41, 5.74) is 2.32. The molecule has 1 aliphatic rings. The summed E-state index contributed by atoms with van der Waals surface area (Å²) in [6.45, 7) is 4.06. The first-order valence-electron chi connectivity index (χ1n) is 7.85. The molecule has 1 unspecified atom stereocenters. The molecule has 2 rings (SSSR count). The standard InChI is InChI=1S/C17H26N2O/c1-3-14-9-11-16(12-10-14)18-13(2)17(20)19-15-7-5-4-6-8-15/h9-13,15,18H,3-8H2,1-2H3,(H,19,20). The lowest BCUT2D eigenvalue weighted by molar-refractivity contribution is -0.122. The van der Waals surface area contributed by atoms with E-state index in [4.69, 9.17) is 0 Å². The molecule has 1 aromatic rings. The van der Waals surface area contributed by atoms with Crippen molar-refractivity contribution >= 4 is 11.6 Å². The van der Waals surface area contributed by atoms with Gasteiger partial charge in [-0.05, 0) is 43.9 Å². The van der Waals surface area contributed by atoms with Crippen LogP contribution in [0.4, 0.5) is 5.69 Å². The Morgan fingerprint density at radius 2 is 1.85 bits per heavy atom. The van der Waals surface area contributed by atoms with Crippen molar-refractivity contribution in [2.24, 2.45) is 0 Å². The second-order valence-electron chi connectivity index (χ2n) is 5.76. The Morgan fingerprint density at radius 1 is 1.20 bits per heavy atom. The van der Waals surface area contributed by atoms with E-state index in [-0.39, 0.29) is 11.9 Å². The number of nitrogens with one attached hydrogen (secondary N) is 2. The van der Waals surface area contributed by atoms with Crippen LogP contribution in [0.3, 0.4) is 0 Å². The van der Waals surface area contributed by atoms with Crippen molar-refractivity contribution in [1.82, 2.24) is 5.32 Å². The summed E-state index contributed by atoms with van der Waals surface area (Å²) in [6.07, 6.45) is 7.09. The van der Waals surface area contributed by atoms with Crippen LogP contribution in [0.2, 0.25) is 0 Å². The predicted octanol–water partition coefficient (Wildman–Crippen LogP) is 3.50. The van der Waals surface area contributed by atoms with E-state index in [2.05, 4.69) is 29.7 Å². The van der Waals surface area contributed by atoms with E-state index in [1.807, 2.05) is 19.1 Å². The lowest BCUT2D eigenvalue weighted by atomic mass is 9.95. The van der Waals surface area contributed by atoms with Gasteiger partial charge in [-0.15, -0.1) is 0 Å². The number of carbonyl (C=O) groups is 1. The maximum absolute atomic E-state index is 12.2. The highest BCUT2D eigenvalue weighted by Gasteiger charge is 2.19. The maximum atomic E-state index is 12.2. The van der Waals surface area contributed by atoms with Crippen LogP contribution < -0.4 is 10.6 Å². The number of hydrogen-bond acceptors (Lipinski definition) is 2. The van der Waals surface area contributed by atoms with Gasteiger partial charge >= 0.3 is 0 Å². The molecule has 0 bridgehead atoms. The molecule has 1 aliphatic carbocycles. The second kappa shape index (κ2) is 7.32. The fourth-order valence-electron chi connectivity index (χ4n) is 2.73. The van der Waals surface area contributed by atoms with E-state index < -0.39 is 0 Å². The smallest absolute Gasteiger partial charge is 0.242 e. The van der Waals surface area contributed by atoms with Gasteiger partial charge in [-0.25, -0.2) is 0 Å². The van der Waals surface area contributed by atoms with Crippen molar-refractivity contribution in [3.63, 3.8) is 0 Å². The van der Waals surface area contributed by atoms with Crippen LogP contribution in [0, 0.1) is 0 Å². The molecule has 0 spiro atoms. The minimum atomic E-state index is -0.190. The molecule has 0 aliphatic heterocycles. The van der Waals surface area contributed by atoms with Gasteiger partial charge in [0.2, 0.25) is 5.91 Å². The van der Waals surface area contributed by atoms with Gasteiger partial charge in [0, 0.05) is 11.7 Å². The van der Waals surface area contributed by atoms with Crippen LogP contribution in [-0.4, -0.2) is 18.0 Å². The zero-order valence-electron chi connectivity index (χ0n) is 12.6. The SMILES string of the molecule is CCc1ccc(NC(C)C(=O)NC2CCCCC2)cc1. The molecule has 1 amide bonds. The summed E-state index contributed by atoms with van der Waals surface area (Å²) in [4.78, 5) is 12.2. The summed E-state index contributed by atoms with van der Waals surface area (Å²) in [7, 11) is 0. The van der Waals surface area contributed by atoms with Crippen LogP contribution in [0.15, 0.2) is 24.3 Å². The molecule has 3 heteroatoms. The normalized spacial score (nSPS) is 17.5. The zero-order valence-corrected chi connectivity index (χ0v) is 12.6. The highest BCUT2D eigenvalue weighted by atomic mass is 16.2. The van der Waals surface area contributed by atoms with Crippen molar-refractivity contribution in [2.45, 2.75) is 64.5 Å². The summed E-state index contributed by atoms with van der Waals surface area (Å²) in [5, 5.41) is 6.43. The topological polar surface area (TPSA) is 41.1 Å². The van der Waals surface area contributed by atoms with Crippen molar-refractivity contribution in [3.05, 3.63) is 29.8 Å². The fraction of sp³-hybridized carbons (Fsp3) is 0.588. The highest BCUT2D eigenvalue weighted by Crippen LogP contribution is 2.17. The maximum Gasteiger partial charge on any atom is 0.242 e. The van der Waals surface area contributed by atoms with Crippen LogP contribution in [0.25, 0.3) is 0 Å². The molecule has 1 atom stereocenters. The van der Waals surface area contributed by atoms with Crippen LogP contribution in [0.5, 0.6) is 0 Å². The van der Waals surface area contributed by atoms with E-state index >= 15 is 0 Å². The summed E-state index contributed by atoms with van der Waals surface area (Å²) in [6, 6.07) is 8.49. The van der Waals surface area contributed by atoms with Gasteiger partial charge in [0.15, 0.2) is 0 Å². The Hall–Kier alpha value is -1.51. The molecule has 0 heterocycles. The Balaban J connectivity index is 1.83. The molecule has 0 saturated heterocycles. The third-order valence-corrected chi connectivity index (χ3v) is 4.09. The van der Waals surface area contributed by atoms with Gasteiger partial charge in [-0.1, -0.05) is 38.3 Å². The van der Waals surface area contributed by atoms with Crippen LogP contribution in [0.1, 0.15) is 51.5 Å². The summed E-state index contributed by atoms with van der Waals surface area (Å²) < 4.78 is 0. The molecule has 110 valence electrons. The zero-order chi connectivity index (χ0) is 14.4. The van der Waals surface area contributed by atoms with Gasteiger partial charge < -0.3 is 10.6 Å². The Bertz CT molecular complexity index is 421. The molecule has 0 aromatic heterocycles. The molecule has 3 nitrogen and oxygen atoms in total. The molecule has 1 fully saturated rings. The molecule has 2 N–H and O–H groups in total. The minimum Gasteiger partial charge on any atom is -0.374 e. The summed E-state index contributed by atoms with van der Waals surface area (Å²) >= 11 is 0. The second-order valence-corrected chi connectivity index (χ2v) is 5.76. The number of benzene rings is 1. The largest absolute Gasteiger partial charge is 0.374 e. The first-order chi connectivity index (χ1) is 9.69. The molecule has 1 aromatic carbocycles. The highest BCUT2D eigenvalue weighted by molar-refractivity contribution is 5.84. The molecule has 0 radical (unpaired) electrons. The number of anilines is 1. The number of rotatable bonds is 5. The van der Waals surface area contributed by atoms with Crippen molar-refractivity contribution in [3.8, 4) is 0 Å². The third-order valence-electron chi connectivity index (χ3n) is 4.09. The first-order valence-corrected chi connectivity index (χ1v) is 7.85. The molecular weight excluding hydrogens is 248 g/mol. The lowest BCUT2D eigenvalue weighted by Crippen LogP contribution is -2.43. The number of hydrogen-bond donors (Lipinski definition) is 2. The average molecular weight is 274 g/mol. The third kappa shape index (κ3) is 4.26. The predicted molar refractivity (Wildman–Crippen MR) is 83.9 cm³/mol. The van der Waals surface area contributed by atoms with Gasteiger partial charge in [0.1, 0.15) is 6.04 Å². The molecule has 1 saturated carbocycles. The van der Waals surface area contributed by atoms with Gasteiger partial charge in [0.05, 0.1) is 0 Å². The Kier molecular flexibility index (Phi) is 5.45. The number of aryl methyl sites for hydroxylation is 1. The van der Waals surface area contributed by atoms with E-state index in [0.717, 1.165) is 24.9 Å². The summed E-state index contributed by atoms with van der Waals surface area (Å²) in [5.74, 6) is 0.108. The first kappa shape index (κ1) is 14.9. The van der Waals surface area contributed by atoms with Crippen molar-refractivity contribution in [2.75, 3.05) is 5.32 Å². The van der Waals surface area contributed by atoms with Crippen LogP contribution >= 0.6 is 0 Å². The van der Waals surface area contributed by atoms with Crippen molar-refractivity contribution < 1.29 is 4.79 Å². The number of amides is 1. The number of carbonyl (C=O) groups excluding carboxylic acids is 1. The Morgan fingerprint density at radius 3 is 2.45 bits per heavy atom. The molecule has 20 heavy (non-hydrogen) atoms. The van der Waals surface area contributed by atoms with Crippen LogP contribution in [-0.2, 0) is 11.2 Å². The van der Waals surface area contributed by atoms with E-state index in [9.17, 15) is 4.79 Å². The fourth-order valence-corrected chi connectivity index (χ4v) is 2.73. The minimum absolute atomic E-state index is 0.108. The Labute approximate surface area is 122 Å².